The van der Waals surface area contributed by atoms with Gasteiger partial charge < -0.3 is 24.8 Å². The summed E-state index contributed by atoms with van der Waals surface area (Å²) in [5, 5.41) is 9.21. The summed E-state index contributed by atoms with van der Waals surface area (Å²) >= 11 is 1.37. The van der Waals surface area contributed by atoms with Gasteiger partial charge in [0, 0.05) is 16.6 Å². The van der Waals surface area contributed by atoms with Crippen molar-refractivity contribution in [3.8, 4) is 17.0 Å². The molecule has 8 nitrogen and oxygen atoms in total. The monoisotopic (exact) mass is 535 g/mol. The molecule has 4 rings (SSSR count). The first kappa shape index (κ1) is 27.2. The Morgan fingerprint density at radius 3 is 2.42 bits per heavy atom. The van der Waals surface area contributed by atoms with Crippen molar-refractivity contribution < 1.29 is 23.8 Å². The van der Waals surface area contributed by atoms with Crippen LogP contribution in [0.3, 0.4) is 0 Å². The first-order chi connectivity index (χ1) is 18.4. The Balaban J connectivity index is 1.89. The number of rotatable bonds is 9. The molecule has 0 bridgehead atoms. The van der Waals surface area contributed by atoms with Crippen LogP contribution in [0.2, 0.25) is 0 Å². The molecule has 0 fully saturated rings. The second-order valence-electron chi connectivity index (χ2n) is 8.92. The highest BCUT2D eigenvalue weighted by Crippen LogP contribution is 2.46. The van der Waals surface area contributed by atoms with Crippen LogP contribution < -0.4 is 15.4 Å². The van der Waals surface area contributed by atoms with Crippen LogP contribution in [-0.2, 0) is 19.1 Å². The van der Waals surface area contributed by atoms with Crippen LogP contribution in [0.5, 0.6) is 5.75 Å². The molecule has 3 atom stereocenters. The van der Waals surface area contributed by atoms with E-state index in [0.29, 0.717) is 27.8 Å². The maximum absolute atomic E-state index is 14.0. The summed E-state index contributed by atoms with van der Waals surface area (Å²) < 4.78 is 16.7. The topological polar surface area (TPSA) is 98.8 Å². The minimum absolute atomic E-state index is 0.179. The lowest BCUT2D eigenvalue weighted by atomic mass is 9.68. The van der Waals surface area contributed by atoms with Gasteiger partial charge in [-0.05, 0) is 45.4 Å². The van der Waals surface area contributed by atoms with Gasteiger partial charge in [-0.1, -0.05) is 42.5 Å². The van der Waals surface area contributed by atoms with Gasteiger partial charge in [-0.25, -0.2) is 14.6 Å². The maximum atomic E-state index is 14.0. The zero-order valence-electron chi connectivity index (χ0n) is 22.2. The van der Waals surface area contributed by atoms with Crippen LogP contribution in [0.15, 0.2) is 71.2 Å². The number of ether oxygens (including phenoxy) is 3. The van der Waals surface area contributed by atoms with Crippen LogP contribution in [0, 0.1) is 0 Å². The fraction of sp³-hybridized carbons (Fsp3) is 0.345. The summed E-state index contributed by atoms with van der Waals surface area (Å²) in [6.07, 6.45) is 0. The van der Waals surface area contributed by atoms with E-state index in [0.717, 1.165) is 11.1 Å². The number of anilines is 1. The van der Waals surface area contributed by atoms with E-state index >= 15 is 0 Å². The van der Waals surface area contributed by atoms with Crippen molar-refractivity contribution in [2.75, 3.05) is 25.6 Å². The molecule has 1 aromatic heterocycles. The van der Waals surface area contributed by atoms with Gasteiger partial charge in [-0.2, -0.15) is 0 Å². The molecule has 9 heteroatoms. The molecule has 38 heavy (non-hydrogen) atoms. The third-order valence-corrected chi connectivity index (χ3v) is 7.46. The van der Waals surface area contributed by atoms with Crippen LogP contribution in [0.25, 0.3) is 11.3 Å². The number of aromatic nitrogens is 1. The Kier molecular flexibility index (Phi) is 8.36. The molecule has 200 valence electrons. The number of esters is 2. The number of carbonyl (C=O) groups is 2. The highest BCUT2D eigenvalue weighted by Gasteiger charge is 2.58. The minimum Gasteiger partial charge on any atom is -0.496 e. The van der Waals surface area contributed by atoms with E-state index in [-0.39, 0.29) is 13.2 Å². The van der Waals surface area contributed by atoms with E-state index in [2.05, 4.69) is 10.6 Å². The largest absolute Gasteiger partial charge is 0.496 e. The standard InChI is InChI=1S/C29H33N3O5S/c1-6-36-26(33)24-18(3)30-19(4)29(27(34)37-7-2,25(24)20-13-9-8-10-14-20)32-28-31-22(17-38-28)21-15-11-12-16-23(21)35-5/h8-17,19,25,30H,6-7H2,1-5H3,(H,31,32). The van der Waals surface area contributed by atoms with Crippen molar-refractivity contribution in [1.82, 2.24) is 10.3 Å². The Morgan fingerprint density at radius 1 is 1.05 bits per heavy atom. The molecular formula is C29H33N3O5S. The molecule has 0 amide bonds. The first-order valence-corrected chi connectivity index (χ1v) is 13.5. The fourth-order valence-corrected chi connectivity index (χ4v) is 5.81. The van der Waals surface area contributed by atoms with Gasteiger partial charge >= 0.3 is 11.9 Å². The van der Waals surface area contributed by atoms with Gasteiger partial charge in [0.05, 0.1) is 43.6 Å². The van der Waals surface area contributed by atoms with E-state index in [1.165, 1.54) is 11.3 Å². The zero-order valence-corrected chi connectivity index (χ0v) is 23.1. The molecule has 2 heterocycles. The van der Waals surface area contributed by atoms with Crippen molar-refractivity contribution >= 4 is 28.4 Å². The van der Waals surface area contributed by atoms with Gasteiger partial charge in [-0.15, -0.1) is 11.3 Å². The third kappa shape index (κ3) is 4.98. The highest BCUT2D eigenvalue weighted by atomic mass is 32.1. The smallest absolute Gasteiger partial charge is 0.336 e. The number of methoxy groups -OCH3 is 1. The number of thiazole rings is 1. The molecule has 1 aliphatic heterocycles. The number of para-hydroxylation sites is 1. The SMILES string of the molecule is CCOC(=O)C1=C(C)NC(C)C(Nc2nc(-c3ccccc3OC)cs2)(C(=O)OCC)C1c1ccccc1. The lowest BCUT2D eigenvalue weighted by molar-refractivity contribution is -0.151. The molecule has 2 N–H and O–H groups in total. The van der Waals surface area contributed by atoms with E-state index in [4.69, 9.17) is 19.2 Å². The maximum Gasteiger partial charge on any atom is 0.336 e. The summed E-state index contributed by atoms with van der Waals surface area (Å²) in [5.74, 6) is -0.987. The van der Waals surface area contributed by atoms with E-state index in [9.17, 15) is 9.59 Å². The van der Waals surface area contributed by atoms with E-state index in [1.807, 2.05) is 73.8 Å². The summed E-state index contributed by atoms with van der Waals surface area (Å²) in [4.78, 5) is 32.2. The Morgan fingerprint density at radius 2 is 1.74 bits per heavy atom. The molecule has 0 saturated heterocycles. The van der Waals surface area contributed by atoms with Gasteiger partial charge in [-0.3, -0.25) is 0 Å². The summed E-state index contributed by atoms with van der Waals surface area (Å²) in [7, 11) is 1.62. The summed E-state index contributed by atoms with van der Waals surface area (Å²) in [6.45, 7) is 7.65. The Hall–Kier alpha value is -3.85. The number of carbonyl (C=O) groups excluding carboxylic acids is 2. The zero-order chi connectivity index (χ0) is 27.3. The number of nitrogens with zero attached hydrogens (tertiary/aromatic N) is 1. The predicted octanol–water partition coefficient (Wildman–Crippen LogP) is 5.15. The van der Waals surface area contributed by atoms with Crippen molar-refractivity contribution in [3.63, 3.8) is 0 Å². The molecule has 0 spiro atoms. The highest BCUT2D eigenvalue weighted by molar-refractivity contribution is 7.14. The van der Waals surface area contributed by atoms with Gasteiger partial charge in [0.2, 0.25) is 0 Å². The normalized spacial score (nSPS) is 20.9. The van der Waals surface area contributed by atoms with Crippen molar-refractivity contribution in [2.24, 2.45) is 0 Å². The number of nitrogens with one attached hydrogen (secondary N) is 2. The number of allylic oxidation sites excluding steroid dienone is 1. The molecule has 3 aromatic rings. The predicted molar refractivity (Wildman–Crippen MR) is 148 cm³/mol. The fourth-order valence-electron chi connectivity index (χ4n) is 5.03. The lowest BCUT2D eigenvalue weighted by Gasteiger charge is -2.48. The van der Waals surface area contributed by atoms with Crippen LogP contribution in [0.4, 0.5) is 5.13 Å². The molecule has 0 aliphatic carbocycles. The quantitative estimate of drug-likeness (QED) is 0.363. The molecule has 2 aromatic carbocycles. The second kappa shape index (κ2) is 11.7. The van der Waals surface area contributed by atoms with Gasteiger partial charge in [0.25, 0.3) is 0 Å². The molecule has 0 saturated carbocycles. The number of benzene rings is 2. The lowest BCUT2D eigenvalue weighted by Crippen LogP contribution is -2.66. The summed E-state index contributed by atoms with van der Waals surface area (Å²) in [6, 6.07) is 16.6. The first-order valence-electron chi connectivity index (χ1n) is 12.6. The van der Waals surface area contributed by atoms with Gasteiger partial charge in [0.1, 0.15) is 5.75 Å². The van der Waals surface area contributed by atoms with Crippen LogP contribution in [-0.4, -0.2) is 48.8 Å². The second-order valence-corrected chi connectivity index (χ2v) is 9.78. The number of hydrogen-bond acceptors (Lipinski definition) is 9. The average Bonchev–Trinajstić information content (AvgIpc) is 3.38. The van der Waals surface area contributed by atoms with Crippen LogP contribution >= 0.6 is 11.3 Å². The minimum atomic E-state index is -1.41. The van der Waals surface area contributed by atoms with Crippen molar-refractivity contribution in [1.29, 1.82) is 0 Å². The molecular weight excluding hydrogens is 502 g/mol. The Labute approximate surface area is 227 Å². The van der Waals surface area contributed by atoms with Gasteiger partial charge in [0.15, 0.2) is 10.7 Å². The summed E-state index contributed by atoms with van der Waals surface area (Å²) in [5.41, 5.74) is 1.94. The molecule has 0 radical (unpaired) electrons. The number of hydrogen-bond donors (Lipinski definition) is 2. The molecule has 1 aliphatic rings. The van der Waals surface area contributed by atoms with Crippen molar-refractivity contribution in [2.45, 2.75) is 45.2 Å². The third-order valence-electron chi connectivity index (χ3n) is 6.71. The van der Waals surface area contributed by atoms with Crippen molar-refractivity contribution in [3.05, 3.63) is 76.8 Å². The van der Waals surface area contributed by atoms with E-state index in [1.54, 1.807) is 21.0 Å². The van der Waals surface area contributed by atoms with E-state index < -0.39 is 29.4 Å². The molecule has 3 unspecified atom stereocenters. The Bertz CT molecular complexity index is 1320. The average molecular weight is 536 g/mol. The van der Waals surface area contributed by atoms with Crippen LogP contribution in [0.1, 0.15) is 39.2 Å².